The number of hydrogen-bond acceptors (Lipinski definition) is 4. The van der Waals surface area contributed by atoms with Gasteiger partial charge >= 0.3 is 0 Å². The standard InChI is InChI=1S/C15H13ClFN3S/c1-3-10-7-11-13(19-15(16)20-14(11)21-10)18-9-5-4-8(2)12(17)6-9/h4-7H,3H2,1-2H3,(H,18,19,20). The van der Waals surface area contributed by atoms with Crippen molar-refractivity contribution in [3.63, 3.8) is 0 Å². The van der Waals surface area contributed by atoms with Gasteiger partial charge in [-0.3, -0.25) is 0 Å². The molecule has 2 heterocycles. The van der Waals surface area contributed by atoms with E-state index in [2.05, 4.69) is 22.2 Å². The SMILES string of the molecule is CCc1cc2c(Nc3ccc(C)c(F)c3)nc(Cl)nc2s1. The minimum absolute atomic E-state index is 0.182. The predicted molar refractivity (Wildman–Crippen MR) is 86.2 cm³/mol. The number of aryl methyl sites for hydroxylation is 2. The lowest BCUT2D eigenvalue weighted by Crippen LogP contribution is -1.97. The van der Waals surface area contributed by atoms with E-state index in [1.165, 1.54) is 10.9 Å². The first-order chi connectivity index (χ1) is 10.1. The fraction of sp³-hybridized carbons (Fsp3) is 0.200. The molecule has 1 N–H and O–H groups in total. The Balaban J connectivity index is 2.06. The van der Waals surface area contributed by atoms with Crippen molar-refractivity contribution < 1.29 is 4.39 Å². The summed E-state index contributed by atoms with van der Waals surface area (Å²) in [5.41, 5.74) is 1.24. The van der Waals surface area contributed by atoms with Gasteiger partial charge in [0.2, 0.25) is 5.28 Å². The number of benzene rings is 1. The predicted octanol–water partition coefficient (Wildman–Crippen LogP) is 5.10. The molecule has 0 atom stereocenters. The first-order valence-electron chi connectivity index (χ1n) is 6.56. The van der Waals surface area contributed by atoms with Gasteiger partial charge in [0, 0.05) is 10.6 Å². The van der Waals surface area contributed by atoms with Crippen molar-refractivity contribution in [1.29, 1.82) is 0 Å². The largest absolute Gasteiger partial charge is 0.339 e. The van der Waals surface area contributed by atoms with Crippen LogP contribution in [0.2, 0.25) is 5.28 Å². The number of fused-ring (bicyclic) bond motifs is 1. The number of nitrogens with one attached hydrogen (secondary N) is 1. The van der Waals surface area contributed by atoms with E-state index >= 15 is 0 Å². The average Bonchev–Trinajstić information content (AvgIpc) is 2.86. The van der Waals surface area contributed by atoms with Crippen molar-refractivity contribution in [3.8, 4) is 0 Å². The van der Waals surface area contributed by atoms with Crippen LogP contribution in [0.5, 0.6) is 0 Å². The second-order valence-electron chi connectivity index (χ2n) is 4.72. The minimum Gasteiger partial charge on any atom is -0.339 e. The van der Waals surface area contributed by atoms with Crippen molar-refractivity contribution in [2.45, 2.75) is 20.3 Å². The fourth-order valence-corrected chi connectivity index (χ4v) is 3.21. The van der Waals surface area contributed by atoms with Crippen molar-refractivity contribution in [3.05, 3.63) is 45.8 Å². The Bertz CT molecular complexity index is 816. The van der Waals surface area contributed by atoms with E-state index in [4.69, 9.17) is 11.6 Å². The van der Waals surface area contributed by atoms with Gasteiger partial charge in [-0.25, -0.2) is 9.37 Å². The molecule has 0 saturated carbocycles. The third kappa shape index (κ3) is 2.84. The van der Waals surface area contributed by atoms with E-state index in [0.717, 1.165) is 16.6 Å². The summed E-state index contributed by atoms with van der Waals surface area (Å²) in [6.07, 6.45) is 0.928. The van der Waals surface area contributed by atoms with Gasteiger partial charge in [-0.05, 0) is 48.7 Å². The summed E-state index contributed by atoms with van der Waals surface area (Å²) in [7, 11) is 0. The third-order valence-electron chi connectivity index (χ3n) is 3.20. The zero-order valence-corrected chi connectivity index (χ0v) is 13.1. The number of halogens is 2. The van der Waals surface area contributed by atoms with Gasteiger partial charge in [0.1, 0.15) is 16.5 Å². The Morgan fingerprint density at radius 3 is 2.81 bits per heavy atom. The van der Waals surface area contributed by atoms with Gasteiger partial charge in [-0.2, -0.15) is 4.98 Å². The molecule has 2 aromatic heterocycles. The average molecular weight is 322 g/mol. The number of anilines is 2. The molecule has 0 amide bonds. The zero-order chi connectivity index (χ0) is 15.0. The lowest BCUT2D eigenvalue weighted by molar-refractivity contribution is 0.619. The molecule has 0 spiro atoms. The normalized spacial score (nSPS) is 11.0. The number of hydrogen-bond donors (Lipinski definition) is 1. The molecule has 3 nitrogen and oxygen atoms in total. The first-order valence-corrected chi connectivity index (χ1v) is 7.75. The highest BCUT2D eigenvalue weighted by atomic mass is 35.5. The van der Waals surface area contributed by atoms with Crippen LogP contribution in [-0.4, -0.2) is 9.97 Å². The fourth-order valence-electron chi connectivity index (χ4n) is 2.02. The highest BCUT2D eigenvalue weighted by Gasteiger charge is 2.11. The molecule has 1 aromatic carbocycles. The summed E-state index contributed by atoms with van der Waals surface area (Å²) in [6.45, 7) is 3.81. The lowest BCUT2D eigenvalue weighted by Gasteiger charge is -2.08. The first kappa shape index (κ1) is 14.2. The molecule has 0 aliphatic carbocycles. The van der Waals surface area contributed by atoms with Crippen LogP contribution in [0, 0.1) is 12.7 Å². The second kappa shape index (κ2) is 5.58. The van der Waals surface area contributed by atoms with Crippen LogP contribution in [-0.2, 0) is 6.42 Å². The topological polar surface area (TPSA) is 37.8 Å². The lowest BCUT2D eigenvalue weighted by atomic mass is 10.2. The van der Waals surface area contributed by atoms with Gasteiger partial charge in [-0.1, -0.05) is 13.0 Å². The van der Waals surface area contributed by atoms with Crippen molar-refractivity contribution in [2.75, 3.05) is 5.32 Å². The number of thiophene rings is 1. The molecular weight excluding hydrogens is 309 g/mol. The van der Waals surface area contributed by atoms with Crippen molar-refractivity contribution in [1.82, 2.24) is 9.97 Å². The van der Waals surface area contributed by atoms with Gasteiger partial charge in [0.05, 0.1) is 5.39 Å². The monoisotopic (exact) mass is 321 g/mol. The van der Waals surface area contributed by atoms with Crippen LogP contribution in [0.3, 0.4) is 0 Å². The molecule has 3 rings (SSSR count). The molecule has 21 heavy (non-hydrogen) atoms. The van der Waals surface area contributed by atoms with Crippen LogP contribution in [0.15, 0.2) is 24.3 Å². The number of rotatable bonds is 3. The Kier molecular flexibility index (Phi) is 3.78. The molecule has 0 unspecified atom stereocenters. The maximum atomic E-state index is 13.6. The summed E-state index contributed by atoms with van der Waals surface area (Å²) in [5, 5.41) is 4.21. The van der Waals surface area contributed by atoms with Gasteiger partial charge in [0.15, 0.2) is 0 Å². The molecule has 0 fully saturated rings. The van der Waals surface area contributed by atoms with Crippen LogP contribution in [0.4, 0.5) is 15.9 Å². The molecule has 3 aromatic rings. The van der Waals surface area contributed by atoms with Crippen LogP contribution < -0.4 is 5.32 Å². The van der Waals surface area contributed by atoms with Gasteiger partial charge in [-0.15, -0.1) is 11.3 Å². The van der Waals surface area contributed by atoms with Crippen LogP contribution >= 0.6 is 22.9 Å². The zero-order valence-electron chi connectivity index (χ0n) is 11.6. The molecule has 0 bridgehead atoms. The smallest absolute Gasteiger partial charge is 0.225 e. The van der Waals surface area contributed by atoms with E-state index in [1.807, 2.05) is 12.1 Å². The maximum absolute atomic E-state index is 13.6. The molecular formula is C15H13ClFN3S. The summed E-state index contributed by atoms with van der Waals surface area (Å²) in [4.78, 5) is 10.5. The van der Waals surface area contributed by atoms with Crippen LogP contribution in [0.25, 0.3) is 10.2 Å². The molecule has 6 heteroatoms. The van der Waals surface area contributed by atoms with Crippen molar-refractivity contribution in [2.24, 2.45) is 0 Å². The Morgan fingerprint density at radius 1 is 1.29 bits per heavy atom. The molecule has 0 radical (unpaired) electrons. The molecule has 0 aliphatic heterocycles. The summed E-state index contributed by atoms with van der Waals surface area (Å²) in [5.74, 6) is 0.347. The van der Waals surface area contributed by atoms with E-state index in [-0.39, 0.29) is 11.1 Å². The Hall–Kier alpha value is -1.72. The number of aromatic nitrogens is 2. The van der Waals surface area contributed by atoms with Gasteiger partial charge in [0.25, 0.3) is 0 Å². The highest BCUT2D eigenvalue weighted by molar-refractivity contribution is 7.18. The summed E-state index contributed by atoms with van der Waals surface area (Å²) < 4.78 is 13.6. The molecule has 0 saturated heterocycles. The van der Waals surface area contributed by atoms with Crippen LogP contribution in [0.1, 0.15) is 17.4 Å². The highest BCUT2D eigenvalue weighted by Crippen LogP contribution is 2.32. The Labute approximate surface area is 130 Å². The third-order valence-corrected chi connectivity index (χ3v) is 4.54. The van der Waals surface area contributed by atoms with E-state index in [1.54, 1.807) is 24.3 Å². The minimum atomic E-state index is -0.254. The van der Waals surface area contributed by atoms with E-state index in [0.29, 0.717) is 17.1 Å². The summed E-state index contributed by atoms with van der Waals surface area (Å²) in [6, 6.07) is 7.03. The quantitative estimate of drug-likeness (QED) is 0.682. The van der Waals surface area contributed by atoms with Crippen molar-refractivity contribution >= 4 is 44.7 Å². The summed E-state index contributed by atoms with van der Waals surface area (Å²) >= 11 is 7.56. The Morgan fingerprint density at radius 2 is 2.10 bits per heavy atom. The molecule has 0 aliphatic rings. The maximum Gasteiger partial charge on any atom is 0.225 e. The second-order valence-corrected chi connectivity index (χ2v) is 6.17. The van der Waals surface area contributed by atoms with Gasteiger partial charge < -0.3 is 5.32 Å². The molecule has 108 valence electrons. The number of nitrogens with zero attached hydrogens (tertiary/aromatic N) is 2. The van der Waals surface area contributed by atoms with E-state index < -0.39 is 0 Å². The van der Waals surface area contributed by atoms with E-state index in [9.17, 15) is 4.39 Å².